The highest BCUT2D eigenvalue weighted by Crippen LogP contribution is 2.29. The van der Waals surface area contributed by atoms with Crippen molar-refractivity contribution in [2.45, 2.75) is 19.5 Å². The summed E-state index contributed by atoms with van der Waals surface area (Å²) >= 11 is 1.50. The van der Waals surface area contributed by atoms with Gasteiger partial charge in [0.25, 0.3) is 0 Å². The fourth-order valence-corrected chi connectivity index (χ4v) is 2.45. The maximum atomic E-state index is 12.4. The van der Waals surface area contributed by atoms with Crippen molar-refractivity contribution in [3.8, 4) is 0 Å². The van der Waals surface area contributed by atoms with Crippen molar-refractivity contribution in [2.24, 2.45) is 0 Å². The van der Waals surface area contributed by atoms with E-state index in [-0.39, 0.29) is 5.91 Å². The number of aryl methyl sites for hydroxylation is 1. The van der Waals surface area contributed by atoms with E-state index in [1.807, 2.05) is 12.3 Å². The van der Waals surface area contributed by atoms with Gasteiger partial charge in [0.2, 0.25) is 5.91 Å². The molecule has 0 fully saturated rings. The predicted octanol–water partition coefficient (Wildman–Crippen LogP) is 3.84. The zero-order valence-corrected chi connectivity index (χ0v) is 13.2. The first-order valence-corrected chi connectivity index (χ1v) is 7.77. The molecule has 1 aromatic heterocycles. The molecule has 0 saturated heterocycles. The van der Waals surface area contributed by atoms with Crippen LogP contribution in [0.25, 0.3) is 6.08 Å². The van der Waals surface area contributed by atoms with E-state index in [2.05, 4.69) is 10.3 Å². The minimum absolute atomic E-state index is 0.262. The summed E-state index contributed by atoms with van der Waals surface area (Å²) in [5.41, 5.74) is 0.787. The van der Waals surface area contributed by atoms with Crippen LogP contribution in [0.15, 0.2) is 35.7 Å². The number of carbonyl (C=O) groups excluding carboxylic acids is 1. The van der Waals surface area contributed by atoms with E-state index in [0.29, 0.717) is 13.0 Å². The quantitative estimate of drug-likeness (QED) is 0.840. The second kappa shape index (κ2) is 7.41. The van der Waals surface area contributed by atoms with Crippen LogP contribution in [-0.4, -0.2) is 17.4 Å². The smallest absolute Gasteiger partial charge is 0.352 e. The molecular formula is C16H15F3N2OS. The van der Waals surface area contributed by atoms with Crippen LogP contribution in [0.5, 0.6) is 0 Å². The topological polar surface area (TPSA) is 42.0 Å². The lowest BCUT2D eigenvalue weighted by molar-refractivity contribution is -0.137. The number of hydrogen-bond donors (Lipinski definition) is 1. The molecule has 2 rings (SSSR count). The van der Waals surface area contributed by atoms with E-state index in [0.717, 1.165) is 28.4 Å². The number of carbonyl (C=O) groups is 1. The van der Waals surface area contributed by atoms with E-state index >= 15 is 0 Å². The Hall–Kier alpha value is -2.15. The molecule has 0 aliphatic rings. The van der Waals surface area contributed by atoms with Crippen molar-refractivity contribution in [2.75, 3.05) is 6.54 Å². The summed E-state index contributed by atoms with van der Waals surface area (Å²) in [6.45, 7) is 2.23. The van der Waals surface area contributed by atoms with Crippen LogP contribution in [0.3, 0.4) is 0 Å². The Morgan fingerprint density at radius 3 is 2.57 bits per heavy atom. The number of aromatic nitrogens is 1. The first-order chi connectivity index (χ1) is 10.8. The van der Waals surface area contributed by atoms with Crippen LogP contribution < -0.4 is 5.32 Å². The number of amides is 1. The summed E-state index contributed by atoms with van der Waals surface area (Å²) in [5.74, 6) is -0.262. The summed E-state index contributed by atoms with van der Waals surface area (Å²) in [6.07, 6.45) is -0.850. The standard InChI is InChI=1S/C16H15F3N2OS/c1-11-21-14(10-23-11)6-7-15(22)20-9-8-12-2-4-13(5-3-12)16(17,18)19/h2-7,10H,8-9H2,1H3,(H,20,22)/b7-6+. The third-order valence-corrected chi connectivity index (χ3v) is 3.83. The Kier molecular flexibility index (Phi) is 5.54. The summed E-state index contributed by atoms with van der Waals surface area (Å²) in [7, 11) is 0. The molecule has 0 unspecified atom stereocenters. The SMILES string of the molecule is Cc1nc(/C=C/C(=O)NCCc2ccc(C(F)(F)F)cc2)cs1. The molecule has 0 bridgehead atoms. The summed E-state index contributed by atoms with van der Waals surface area (Å²) in [4.78, 5) is 15.8. The van der Waals surface area contributed by atoms with Crippen molar-refractivity contribution < 1.29 is 18.0 Å². The van der Waals surface area contributed by atoms with Gasteiger partial charge in [-0.2, -0.15) is 13.2 Å². The molecule has 0 aliphatic heterocycles. The van der Waals surface area contributed by atoms with Crippen LogP contribution in [0, 0.1) is 6.92 Å². The number of nitrogens with zero attached hydrogens (tertiary/aromatic N) is 1. The van der Waals surface area contributed by atoms with Gasteiger partial charge in [-0.05, 0) is 37.1 Å². The molecule has 1 aromatic carbocycles. The molecule has 1 N–H and O–H groups in total. The number of hydrogen-bond acceptors (Lipinski definition) is 3. The second-order valence-electron chi connectivity index (χ2n) is 4.86. The number of thiazole rings is 1. The lowest BCUT2D eigenvalue weighted by atomic mass is 10.1. The molecule has 1 heterocycles. The second-order valence-corrected chi connectivity index (χ2v) is 5.92. The maximum Gasteiger partial charge on any atom is 0.416 e. The van der Waals surface area contributed by atoms with Gasteiger partial charge in [-0.1, -0.05) is 12.1 Å². The molecule has 1 amide bonds. The third kappa shape index (κ3) is 5.52. The Morgan fingerprint density at radius 1 is 1.30 bits per heavy atom. The molecule has 122 valence electrons. The average molecular weight is 340 g/mol. The van der Waals surface area contributed by atoms with Gasteiger partial charge in [0.1, 0.15) is 0 Å². The van der Waals surface area contributed by atoms with E-state index in [4.69, 9.17) is 0 Å². The summed E-state index contributed by atoms with van der Waals surface area (Å²) < 4.78 is 37.3. The predicted molar refractivity (Wildman–Crippen MR) is 84.0 cm³/mol. The summed E-state index contributed by atoms with van der Waals surface area (Å²) in [5, 5.41) is 5.45. The number of rotatable bonds is 5. The van der Waals surface area contributed by atoms with E-state index in [9.17, 15) is 18.0 Å². The average Bonchev–Trinajstić information content (AvgIpc) is 2.90. The Bertz CT molecular complexity index is 690. The zero-order chi connectivity index (χ0) is 16.9. The monoisotopic (exact) mass is 340 g/mol. The molecule has 0 radical (unpaired) electrons. The molecule has 23 heavy (non-hydrogen) atoms. The molecule has 0 spiro atoms. The van der Waals surface area contributed by atoms with Gasteiger partial charge < -0.3 is 5.32 Å². The van der Waals surface area contributed by atoms with Crippen molar-refractivity contribution in [1.29, 1.82) is 0 Å². The highest BCUT2D eigenvalue weighted by Gasteiger charge is 2.29. The van der Waals surface area contributed by atoms with Gasteiger partial charge in [-0.25, -0.2) is 4.98 Å². The number of alkyl halides is 3. The Labute approximate surface area is 135 Å². The summed E-state index contributed by atoms with van der Waals surface area (Å²) in [6, 6.07) is 4.93. The number of nitrogens with one attached hydrogen (secondary N) is 1. The lowest BCUT2D eigenvalue weighted by Gasteiger charge is -2.07. The fraction of sp³-hybridized carbons (Fsp3) is 0.250. The number of benzene rings is 1. The minimum atomic E-state index is -4.33. The van der Waals surface area contributed by atoms with Gasteiger partial charge in [0.15, 0.2) is 0 Å². The van der Waals surface area contributed by atoms with E-state index in [1.165, 1.54) is 29.5 Å². The van der Waals surface area contributed by atoms with Crippen molar-refractivity contribution in [3.63, 3.8) is 0 Å². The molecule has 0 atom stereocenters. The van der Waals surface area contributed by atoms with Crippen LogP contribution >= 0.6 is 11.3 Å². The van der Waals surface area contributed by atoms with Crippen molar-refractivity contribution in [1.82, 2.24) is 10.3 Å². The fourth-order valence-electron chi connectivity index (χ4n) is 1.87. The van der Waals surface area contributed by atoms with Gasteiger partial charge in [0, 0.05) is 18.0 Å². The van der Waals surface area contributed by atoms with Gasteiger partial charge in [0.05, 0.1) is 16.3 Å². The highest BCUT2D eigenvalue weighted by atomic mass is 32.1. The first kappa shape index (κ1) is 17.2. The molecule has 7 heteroatoms. The minimum Gasteiger partial charge on any atom is -0.352 e. The molecule has 0 aliphatic carbocycles. The Morgan fingerprint density at radius 2 is 2.00 bits per heavy atom. The van der Waals surface area contributed by atoms with Crippen LogP contribution in [0.4, 0.5) is 13.2 Å². The number of halogens is 3. The largest absolute Gasteiger partial charge is 0.416 e. The molecular weight excluding hydrogens is 325 g/mol. The zero-order valence-electron chi connectivity index (χ0n) is 12.4. The van der Waals surface area contributed by atoms with Gasteiger partial charge in [-0.3, -0.25) is 4.79 Å². The molecule has 0 saturated carbocycles. The van der Waals surface area contributed by atoms with Gasteiger partial charge in [-0.15, -0.1) is 11.3 Å². The lowest BCUT2D eigenvalue weighted by Crippen LogP contribution is -2.23. The maximum absolute atomic E-state index is 12.4. The molecule has 3 nitrogen and oxygen atoms in total. The highest BCUT2D eigenvalue weighted by molar-refractivity contribution is 7.09. The van der Waals surface area contributed by atoms with Crippen LogP contribution in [0.1, 0.15) is 21.8 Å². The first-order valence-electron chi connectivity index (χ1n) is 6.89. The van der Waals surface area contributed by atoms with Crippen molar-refractivity contribution in [3.05, 3.63) is 57.6 Å². The molecule has 2 aromatic rings. The van der Waals surface area contributed by atoms with Crippen molar-refractivity contribution >= 4 is 23.3 Å². The van der Waals surface area contributed by atoms with E-state index < -0.39 is 11.7 Å². The van der Waals surface area contributed by atoms with Crippen LogP contribution in [0.2, 0.25) is 0 Å². The third-order valence-electron chi connectivity index (χ3n) is 3.04. The Balaban J connectivity index is 1.78. The normalized spacial score (nSPS) is 11.8. The van der Waals surface area contributed by atoms with Crippen LogP contribution in [-0.2, 0) is 17.4 Å². The van der Waals surface area contributed by atoms with E-state index in [1.54, 1.807) is 6.08 Å². The van der Waals surface area contributed by atoms with Gasteiger partial charge >= 0.3 is 6.18 Å².